The van der Waals surface area contributed by atoms with Gasteiger partial charge in [0, 0.05) is 27.4 Å². The predicted octanol–water partition coefficient (Wildman–Crippen LogP) is 3.29. The number of rotatable bonds is 5. The van der Waals surface area contributed by atoms with E-state index in [-0.39, 0.29) is 87.4 Å². The van der Waals surface area contributed by atoms with E-state index in [1.165, 1.54) is 7.11 Å². The summed E-state index contributed by atoms with van der Waals surface area (Å²) in [5, 5.41) is 23.1. The van der Waals surface area contributed by atoms with E-state index in [9.17, 15) is 14.4 Å². The molecule has 0 fully saturated rings. The SMILES string of the molecule is C.C.C.CC(=O)O.CC(=O)[O-].CCOC(=O)c1ncc(-c2ccc(Br)cc2)[nH]1.COC(=O)C(=N)SC.Cl.NCC(=O)c1ccc(Br)cc1.[Na+]. The molecule has 0 radical (unpaired) electrons. The largest absolute Gasteiger partial charge is 1.00 e. The molecule has 0 saturated carbocycles. The minimum absolute atomic E-state index is 0. The first-order valence-electron chi connectivity index (χ1n) is 12.2. The third-order valence-electron chi connectivity index (χ3n) is 4.13. The van der Waals surface area contributed by atoms with Crippen LogP contribution in [0.3, 0.4) is 0 Å². The van der Waals surface area contributed by atoms with E-state index in [1.807, 2.05) is 36.4 Å². The van der Waals surface area contributed by atoms with Crippen LogP contribution in [-0.4, -0.2) is 76.3 Å². The number of aromatic nitrogens is 2. The molecule has 272 valence electrons. The number of carboxylic acid groups (broad SMARTS) is 2. The van der Waals surface area contributed by atoms with E-state index in [4.69, 9.17) is 35.7 Å². The zero-order valence-electron chi connectivity index (χ0n) is 25.9. The van der Waals surface area contributed by atoms with Crippen LogP contribution in [0.5, 0.6) is 0 Å². The number of nitrogens with zero attached hydrogens (tertiary/aromatic N) is 1. The van der Waals surface area contributed by atoms with E-state index in [0.717, 1.165) is 45.8 Å². The Labute approximate surface area is 338 Å². The number of benzene rings is 2. The molecule has 0 aliphatic carbocycles. The number of H-pyrrole nitrogens is 1. The molecule has 0 bridgehead atoms. The number of thioether (sulfide) groups is 1. The molecule has 1 heterocycles. The fourth-order valence-electron chi connectivity index (χ4n) is 2.33. The molecule has 49 heavy (non-hydrogen) atoms. The molecule has 0 atom stereocenters. The summed E-state index contributed by atoms with van der Waals surface area (Å²) < 4.78 is 11.0. The number of ether oxygens (including phenoxy) is 2. The normalized spacial score (nSPS) is 8.08. The summed E-state index contributed by atoms with van der Waals surface area (Å²) in [4.78, 5) is 57.5. The van der Waals surface area contributed by atoms with Crippen LogP contribution < -0.4 is 40.4 Å². The van der Waals surface area contributed by atoms with Crippen molar-refractivity contribution in [3.63, 3.8) is 0 Å². The van der Waals surface area contributed by atoms with Gasteiger partial charge >= 0.3 is 41.5 Å². The number of aliphatic carboxylic acids is 2. The minimum atomic E-state index is -1.08. The number of Topliss-reactive ketones (excluding diaryl/α,β-unsaturated/α-hetero) is 1. The van der Waals surface area contributed by atoms with Crippen molar-refractivity contribution in [2.24, 2.45) is 5.73 Å². The third-order valence-corrected chi connectivity index (χ3v) is 5.76. The number of carboxylic acids is 2. The molecule has 18 heteroatoms. The van der Waals surface area contributed by atoms with Gasteiger partial charge in [0.15, 0.2) is 10.8 Å². The number of hydrogen-bond acceptors (Lipinski definition) is 12. The Morgan fingerprint density at radius 2 is 1.39 bits per heavy atom. The number of carbonyl (C=O) groups is 5. The second-order valence-corrected chi connectivity index (χ2v) is 10.2. The molecule has 13 nitrogen and oxygen atoms in total. The Morgan fingerprint density at radius 1 is 0.980 bits per heavy atom. The Balaban J connectivity index is -0.0000000971. The Hall–Kier alpha value is -2.57. The molecule has 1 aromatic heterocycles. The summed E-state index contributed by atoms with van der Waals surface area (Å²) in [5.74, 6) is -2.73. The monoisotopic (exact) mass is 866 g/mol. The number of hydrogen-bond donors (Lipinski definition) is 4. The van der Waals surface area contributed by atoms with E-state index >= 15 is 0 Å². The number of halogens is 3. The van der Waals surface area contributed by atoms with Gasteiger partial charge in [0.2, 0.25) is 5.82 Å². The Bertz CT molecular complexity index is 1330. The molecule has 5 N–H and O–H groups in total. The summed E-state index contributed by atoms with van der Waals surface area (Å²) in [6.07, 6.45) is 3.27. The van der Waals surface area contributed by atoms with Crippen LogP contribution in [0.4, 0.5) is 0 Å². The van der Waals surface area contributed by atoms with Crippen LogP contribution in [0.2, 0.25) is 0 Å². The summed E-state index contributed by atoms with van der Waals surface area (Å²) in [6.45, 7) is 4.23. The zero-order chi connectivity index (χ0) is 34.2. The van der Waals surface area contributed by atoms with Crippen LogP contribution >= 0.6 is 56.0 Å². The number of nitrogens with two attached hydrogens (primary N) is 1. The molecule has 2 aromatic carbocycles. The first kappa shape index (κ1) is 61.6. The van der Waals surface area contributed by atoms with E-state index in [2.05, 4.69) is 46.6 Å². The number of carbonyl (C=O) groups excluding carboxylic acids is 4. The van der Waals surface area contributed by atoms with Crippen molar-refractivity contribution < 1.29 is 73.2 Å². The molecule has 0 aliphatic heterocycles. The maximum absolute atomic E-state index is 11.4. The van der Waals surface area contributed by atoms with Gasteiger partial charge in [-0.2, -0.15) is 0 Å². The van der Waals surface area contributed by atoms with Gasteiger partial charge in [-0.05, 0) is 49.9 Å². The first-order valence-corrected chi connectivity index (χ1v) is 15.0. The van der Waals surface area contributed by atoms with Gasteiger partial charge in [-0.25, -0.2) is 14.6 Å². The van der Waals surface area contributed by atoms with Crippen LogP contribution in [-0.2, 0) is 23.9 Å². The van der Waals surface area contributed by atoms with Crippen LogP contribution in [0.1, 0.15) is 64.0 Å². The smallest absolute Gasteiger partial charge is 0.550 e. The van der Waals surface area contributed by atoms with Crippen molar-refractivity contribution in [3.05, 3.63) is 75.1 Å². The second kappa shape index (κ2) is 36.7. The maximum atomic E-state index is 11.4. The van der Waals surface area contributed by atoms with Gasteiger partial charge in [0.05, 0.1) is 32.2 Å². The van der Waals surface area contributed by atoms with E-state index in [1.54, 1.807) is 31.5 Å². The van der Waals surface area contributed by atoms with Gasteiger partial charge in [0.1, 0.15) is 0 Å². The third kappa shape index (κ3) is 32.4. The summed E-state index contributed by atoms with van der Waals surface area (Å²) in [5.41, 5.74) is 7.60. The van der Waals surface area contributed by atoms with Crippen molar-refractivity contribution in [1.82, 2.24) is 9.97 Å². The quantitative estimate of drug-likeness (QED) is 0.0954. The first-order chi connectivity index (χ1) is 20.6. The fourth-order valence-corrected chi connectivity index (χ4v) is 3.11. The second-order valence-electron chi connectivity index (χ2n) is 7.54. The fraction of sp³-hybridized carbons (Fsp3) is 0.323. The average molecular weight is 869 g/mol. The van der Waals surface area contributed by atoms with Gasteiger partial charge in [-0.3, -0.25) is 15.0 Å². The summed E-state index contributed by atoms with van der Waals surface area (Å²) in [7, 11) is 1.26. The zero-order valence-corrected chi connectivity index (χ0v) is 32.7. The topological polar surface area (TPSA) is 226 Å². The van der Waals surface area contributed by atoms with Crippen molar-refractivity contribution in [2.75, 3.05) is 26.5 Å². The van der Waals surface area contributed by atoms with Gasteiger partial charge in [0.25, 0.3) is 5.97 Å². The number of esters is 2. The van der Waals surface area contributed by atoms with Gasteiger partial charge in [-0.1, -0.05) is 78.4 Å². The molecule has 0 spiro atoms. The molecular weight excluding hydrogens is 823 g/mol. The molecule has 0 saturated heterocycles. The average Bonchev–Trinajstić information content (AvgIpc) is 3.47. The van der Waals surface area contributed by atoms with Gasteiger partial charge < -0.3 is 35.2 Å². The molecule has 3 rings (SSSR count). The van der Waals surface area contributed by atoms with Crippen molar-refractivity contribution in [1.29, 1.82) is 5.41 Å². The molecule has 0 amide bonds. The molecule has 3 aromatic rings. The van der Waals surface area contributed by atoms with Crippen LogP contribution in [0, 0.1) is 5.41 Å². The van der Waals surface area contributed by atoms with Gasteiger partial charge in [-0.15, -0.1) is 24.2 Å². The number of ketones is 1. The van der Waals surface area contributed by atoms with Crippen LogP contribution in [0.25, 0.3) is 11.3 Å². The maximum Gasteiger partial charge on any atom is 1.00 e. The van der Waals surface area contributed by atoms with E-state index in [0.29, 0.717) is 12.2 Å². The van der Waals surface area contributed by atoms with Crippen molar-refractivity contribution in [2.45, 2.75) is 43.1 Å². The summed E-state index contributed by atoms with van der Waals surface area (Å²) in [6, 6.07) is 14.9. The van der Waals surface area contributed by atoms with Crippen LogP contribution in [0.15, 0.2) is 63.7 Å². The number of nitrogens with one attached hydrogen (secondary N) is 2. The summed E-state index contributed by atoms with van der Waals surface area (Å²) >= 11 is 7.71. The number of imidazole rings is 1. The standard InChI is InChI=1S/C12H11BrN2O2.C8H8BrNO.C4H7NO2S.2C2H4O2.3CH4.ClH.Na/c1-2-17-12(16)11-14-7-10(15-11)8-3-5-9(13)6-4-8;9-7-3-1-6(2-4-7)8(11)5-10;1-7-4(6)3(5)8-2;2*1-2(3)4;;;;;/h3-7H,2H2,1H3,(H,14,15);1-4H,5,10H2;5H,1-2H3;2*1H3,(H,3,4);3*1H4;1H;/q;;;;;;;;;+1/p-1. The minimum Gasteiger partial charge on any atom is -0.550 e. The molecule has 0 unspecified atom stereocenters. The Kier molecular flexibility index (Phi) is 46.2. The van der Waals surface area contributed by atoms with Crippen molar-refractivity contribution >= 4 is 90.7 Å². The predicted molar refractivity (Wildman–Crippen MR) is 200 cm³/mol. The molecule has 0 aliphatic rings. The number of aromatic amines is 1. The molecular formula is C31H46Br2ClN4NaO9S. The Morgan fingerprint density at radius 3 is 1.71 bits per heavy atom. The number of methoxy groups -OCH3 is 1. The van der Waals surface area contributed by atoms with Crippen molar-refractivity contribution in [3.8, 4) is 11.3 Å². The van der Waals surface area contributed by atoms with E-state index < -0.39 is 23.9 Å².